The fraction of sp³-hybridized carbons (Fsp3) is 0.400. The lowest BCUT2D eigenvalue weighted by Crippen LogP contribution is -2.08. The Labute approximate surface area is 91.5 Å². The maximum atomic E-state index is 5.99. The number of hydrogen-bond donors (Lipinski definition) is 1. The molecular weight excluding hydrogens is 246 g/mol. The van der Waals surface area contributed by atoms with Crippen molar-refractivity contribution >= 4 is 27.3 Å². The maximum absolute atomic E-state index is 5.99. The first kappa shape index (κ1) is 10.8. The van der Waals surface area contributed by atoms with E-state index in [-0.39, 0.29) is 6.04 Å². The van der Waals surface area contributed by atoms with Crippen LogP contribution in [0.1, 0.15) is 30.2 Å². The minimum absolute atomic E-state index is 0.128. The van der Waals surface area contributed by atoms with Crippen molar-refractivity contribution in [2.45, 2.75) is 25.3 Å². The van der Waals surface area contributed by atoms with Crippen LogP contribution in [0.2, 0.25) is 0 Å². The van der Waals surface area contributed by atoms with E-state index in [1.54, 1.807) is 11.3 Å². The summed E-state index contributed by atoms with van der Waals surface area (Å²) in [5.41, 5.74) is 5.99. The lowest BCUT2D eigenvalue weighted by atomic mass is 10.1. The van der Waals surface area contributed by atoms with Crippen LogP contribution in [0.5, 0.6) is 0 Å². The number of thiophene rings is 1. The lowest BCUT2D eigenvalue weighted by molar-refractivity contribution is 0.628. The average molecular weight is 258 g/mol. The molecule has 13 heavy (non-hydrogen) atoms. The van der Waals surface area contributed by atoms with Gasteiger partial charge in [-0.3, -0.25) is 0 Å². The molecule has 1 unspecified atom stereocenters. The Morgan fingerprint density at radius 1 is 1.69 bits per heavy atom. The highest BCUT2D eigenvalue weighted by atomic mass is 79.9. The molecule has 0 radical (unpaired) electrons. The van der Waals surface area contributed by atoms with Crippen LogP contribution in [-0.2, 0) is 0 Å². The van der Waals surface area contributed by atoms with E-state index < -0.39 is 0 Å². The second kappa shape index (κ2) is 5.43. The smallest absolute Gasteiger partial charge is 0.0401 e. The fourth-order valence-corrected chi connectivity index (χ4v) is 2.83. The summed E-state index contributed by atoms with van der Waals surface area (Å²) in [6, 6.07) is 2.16. The van der Waals surface area contributed by atoms with Gasteiger partial charge in [0.15, 0.2) is 0 Å². The summed E-state index contributed by atoms with van der Waals surface area (Å²) in [6.45, 7) is 0. The number of terminal acetylenes is 1. The Morgan fingerprint density at radius 3 is 3.00 bits per heavy atom. The first-order chi connectivity index (χ1) is 6.25. The minimum Gasteiger partial charge on any atom is -0.323 e. The van der Waals surface area contributed by atoms with E-state index in [9.17, 15) is 0 Å². The molecule has 3 heteroatoms. The Balaban J connectivity index is 2.45. The van der Waals surface area contributed by atoms with E-state index in [1.165, 1.54) is 4.88 Å². The van der Waals surface area contributed by atoms with Crippen LogP contribution in [0, 0.1) is 12.3 Å². The molecule has 0 bridgehead atoms. The molecule has 1 nitrogen and oxygen atoms in total. The Bertz CT molecular complexity index is 300. The predicted molar refractivity (Wildman–Crippen MR) is 61.6 cm³/mol. The first-order valence-corrected chi connectivity index (χ1v) is 5.85. The van der Waals surface area contributed by atoms with E-state index in [0.29, 0.717) is 0 Å². The van der Waals surface area contributed by atoms with Crippen LogP contribution >= 0.6 is 27.3 Å². The van der Waals surface area contributed by atoms with Crippen molar-refractivity contribution in [3.8, 4) is 12.3 Å². The van der Waals surface area contributed by atoms with Gasteiger partial charge in [-0.25, -0.2) is 0 Å². The van der Waals surface area contributed by atoms with Gasteiger partial charge < -0.3 is 5.73 Å². The van der Waals surface area contributed by atoms with E-state index in [1.807, 2.05) is 11.4 Å². The molecule has 0 aliphatic rings. The summed E-state index contributed by atoms with van der Waals surface area (Å²) >= 11 is 5.16. The van der Waals surface area contributed by atoms with Gasteiger partial charge in [0.25, 0.3) is 0 Å². The van der Waals surface area contributed by atoms with Crippen LogP contribution in [0.15, 0.2) is 15.9 Å². The third-order valence-corrected chi connectivity index (χ3v) is 3.82. The summed E-state index contributed by atoms with van der Waals surface area (Å²) in [4.78, 5) is 1.22. The minimum atomic E-state index is 0.128. The number of hydrogen-bond acceptors (Lipinski definition) is 2. The highest BCUT2D eigenvalue weighted by molar-refractivity contribution is 9.10. The van der Waals surface area contributed by atoms with Crippen LogP contribution in [0.4, 0.5) is 0 Å². The third-order valence-electron chi connectivity index (χ3n) is 1.82. The molecule has 0 aliphatic carbocycles. The summed E-state index contributed by atoms with van der Waals surface area (Å²) in [5, 5.41) is 2.04. The van der Waals surface area contributed by atoms with Crippen molar-refractivity contribution in [2.75, 3.05) is 0 Å². The average Bonchev–Trinajstić information content (AvgIpc) is 2.52. The van der Waals surface area contributed by atoms with Crippen molar-refractivity contribution < 1.29 is 0 Å². The number of rotatable bonds is 4. The summed E-state index contributed by atoms with van der Waals surface area (Å²) in [5.74, 6) is 2.62. The molecule has 0 saturated heterocycles. The van der Waals surface area contributed by atoms with Gasteiger partial charge in [-0.1, -0.05) is 0 Å². The zero-order valence-electron chi connectivity index (χ0n) is 7.29. The quantitative estimate of drug-likeness (QED) is 0.650. The molecule has 70 valence electrons. The molecule has 1 aromatic heterocycles. The monoisotopic (exact) mass is 257 g/mol. The lowest BCUT2D eigenvalue weighted by Gasteiger charge is -2.08. The van der Waals surface area contributed by atoms with Crippen molar-refractivity contribution in [2.24, 2.45) is 5.73 Å². The van der Waals surface area contributed by atoms with Gasteiger partial charge in [-0.05, 0) is 40.2 Å². The van der Waals surface area contributed by atoms with Gasteiger partial charge in [-0.2, -0.15) is 0 Å². The molecule has 1 heterocycles. The molecule has 0 saturated carbocycles. The Hall–Kier alpha value is -0.300. The van der Waals surface area contributed by atoms with Crippen molar-refractivity contribution in [3.05, 3.63) is 20.8 Å². The van der Waals surface area contributed by atoms with E-state index in [0.717, 1.165) is 23.7 Å². The van der Waals surface area contributed by atoms with Gasteiger partial charge in [0.2, 0.25) is 0 Å². The SMILES string of the molecule is C#CCCCC(N)c1sccc1Br. The van der Waals surface area contributed by atoms with E-state index in [4.69, 9.17) is 12.2 Å². The predicted octanol–water partition coefficient (Wildman–Crippen LogP) is 3.31. The van der Waals surface area contributed by atoms with Gasteiger partial charge in [0.05, 0.1) is 0 Å². The van der Waals surface area contributed by atoms with Crippen LogP contribution < -0.4 is 5.73 Å². The fourth-order valence-electron chi connectivity index (χ4n) is 1.13. The zero-order valence-corrected chi connectivity index (χ0v) is 9.70. The van der Waals surface area contributed by atoms with E-state index in [2.05, 4.69) is 21.9 Å². The standard InChI is InChI=1S/C10H12BrNS/c1-2-3-4-5-9(12)10-8(11)6-7-13-10/h1,6-7,9H,3-5,12H2. The van der Waals surface area contributed by atoms with Crippen LogP contribution in [0.25, 0.3) is 0 Å². The Morgan fingerprint density at radius 2 is 2.46 bits per heavy atom. The molecule has 1 atom stereocenters. The second-order valence-corrected chi connectivity index (χ2v) is 4.64. The molecule has 1 aromatic rings. The highest BCUT2D eigenvalue weighted by Crippen LogP contribution is 2.30. The van der Waals surface area contributed by atoms with Gasteiger partial charge in [-0.15, -0.1) is 23.7 Å². The van der Waals surface area contributed by atoms with Crippen LogP contribution in [0.3, 0.4) is 0 Å². The molecule has 0 spiro atoms. The largest absolute Gasteiger partial charge is 0.323 e. The summed E-state index contributed by atoms with van der Waals surface area (Å²) in [7, 11) is 0. The molecule has 0 aliphatic heterocycles. The first-order valence-electron chi connectivity index (χ1n) is 4.17. The number of halogens is 1. The molecular formula is C10H12BrNS. The molecule has 0 amide bonds. The van der Waals surface area contributed by atoms with Gasteiger partial charge >= 0.3 is 0 Å². The molecule has 2 N–H and O–H groups in total. The molecule has 0 fully saturated rings. The van der Waals surface area contributed by atoms with Gasteiger partial charge in [0.1, 0.15) is 0 Å². The zero-order chi connectivity index (χ0) is 9.68. The highest BCUT2D eigenvalue weighted by Gasteiger charge is 2.10. The second-order valence-electron chi connectivity index (χ2n) is 2.84. The normalized spacial score (nSPS) is 12.4. The van der Waals surface area contributed by atoms with Crippen molar-refractivity contribution in [1.82, 2.24) is 0 Å². The number of nitrogens with two attached hydrogens (primary N) is 1. The van der Waals surface area contributed by atoms with Crippen LogP contribution in [-0.4, -0.2) is 0 Å². The van der Waals surface area contributed by atoms with Crippen molar-refractivity contribution in [3.63, 3.8) is 0 Å². The molecule has 0 aromatic carbocycles. The molecule has 1 rings (SSSR count). The topological polar surface area (TPSA) is 26.0 Å². The summed E-state index contributed by atoms with van der Waals surface area (Å²) in [6.07, 6.45) is 7.95. The van der Waals surface area contributed by atoms with Gasteiger partial charge in [0, 0.05) is 21.8 Å². The maximum Gasteiger partial charge on any atom is 0.0401 e. The van der Waals surface area contributed by atoms with Crippen molar-refractivity contribution in [1.29, 1.82) is 0 Å². The number of unbranched alkanes of at least 4 members (excludes halogenated alkanes) is 1. The summed E-state index contributed by atoms with van der Waals surface area (Å²) < 4.78 is 1.12. The Kier molecular flexibility index (Phi) is 4.51. The van der Waals surface area contributed by atoms with E-state index >= 15 is 0 Å². The third kappa shape index (κ3) is 3.15.